The Labute approximate surface area is 171 Å². The highest BCUT2D eigenvalue weighted by Gasteiger charge is 2.40. The zero-order valence-corrected chi connectivity index (χ0v) is 17.6. The van der Waals surface area contributed by atoms with Crippen molar-refractivity contribution in [2.45, 2.75) is 45.1 Å². The molecule has 0 saturated carbocycles. The lowest BCUT2D eigenvalue weighted by Crippen LogP contribution is -2.41. The number of anilines is 1. The molecule has 0 spiro atoms. The first kappa shape index (κ1) is 20.3. The van der Waals surface area contributed by atoms with Crippen LogP contribution < -0.4 is 10.1 Å². The van der Waals surface area contributed by atoms with E-state index in [9.17, 15) is 14.0 Å². The largest absolute Gasteiger partial charge is 0.486 e. The van der Waals surface area contributed by atoms with Gasteiger partial charge in [0.2, 0.25) is 0 Å². The summed E-state index contributed by atoms with van der Waals surface area (Å²) in [5.74, 6) is -1.98. The van der Waals surface area contributed by atoms with Gasteiger partial charge in [-0.3, -0.25) is 4.79 Å². The molecule has 0 radical (unpaired) electrons. The molecule has 0 aliphatic carbocycles. The third-order valence-electron chi connectivity index (χ3n) is 4.74. The fourth-order valence-electron chi connectivity index (χ4n) is 3.77. The molecular formula is C21H21BrFNO4. The lowest BCUT2D eigenvalue weighted by molar-refractivity contribution is 0.0524. The maximum absolute atomic E-state index is 13.9. The predicted molar refractivity (Wildman–Crippen MR) is 108 cm³/mol. The van der Waals surface area contributed by atoms with E-state index < -0.39 is 23.3 Å². The molecule has 0 atom stereocenters. The van der Waals surface area contributed by atoms with Gasteiger partial charge in [-0.2, -0.15) is 0 Å². The molecule has 1 heterocycles. The number of ether oxygens (including phenoxy) is 1. The van der Waals surface area contributed by atoms with E-state index in [1.165, 1.54) is 6.07 Å². The first-order valence-electron chi connectivity index (χ1n) is 8.77. The number of fused-ring (bicyclic) bond motifs is 1. The third kappa shape index (κ3) is 3.90. The van der Waals surface area contributed by atoms with Gasteiger partial charge in [0.05, 0.1) is 10.0 Å². The van der Waals surface area contributed by atoms with E-state index in [0.717, 1.165) is 29.9 Å². The number of hydrogen-bond donors (Lipinski definition) is 2. The summed E-state index contributed by atoms with van der Waals surface area (Å²) in [5.41, 5.74) is 0.509. The zero-order valence-electron chi connectivity index (χ0n) is 16.0. The average molecular weight is 450 g/mol. The van der Waals surface area contributed by atoms with Gasteiger partial charge in [-0.1, -0.05) is 13.8 Å². The lowest BCUT2D eigenvalue weighted by atomic mass is 9.73. The number of benzene rings is 2. The van der Waals surface area contributed by atoms with Crippen molar-refractivity contribution < 1.29 is 23.8 Å². The highest BCUT2D eigenvalue weighted by Crippen LogP contribution is 2.48. The van der Waals surface area contributed by atoms with Crippen molar-refractivity contribution in [3.8, 4) is 5.75 Å². The second-order valence-electron chi connectivity index (χ2n) is 8.21. The molecule has 1 aliphatic rings. The molecule has 0 bridgehead atoms. The highest BCUT2D eigenvalue weighted by molar-refractivity contribution is 9.10. The smallest absolute Gasteiger partial charge is 0.338 e. The number of aromatic carboxylic acids is 1. The number of amides is 1. The number of carboxylic acid groups (broad SMARTS) is 1. The summed E-state index contributed by atoms with van der Waals surface area (Å²) in [4.78, 5) is 23.6. The molecule has 2 N–H and O–H groups in total. The van der Waals surface area contributed by atoms with E-state index in [-0.39, 0.29) is 16.7 Å². The Bertz CT molecular complexity index is 985. The maximum atomic E-state index is 13.9. The summed E-state index contributed by atoms with van der Waals surface area (Å²) in [7, 11) is 0. The molecule has 1 aliphatic heterocycles. The van der Waals surface area contributed by atoms with E-state index in [1.807, 2.05) is 13.8 Å². The molecule has 2 aromatic carbocycles. The Balaban J connectivity index is 1.93. The number of carboxylic acids is 1. The molecular weight excluding hydrogens is 429 g/mol. The maximum Gasteiger partial charge on any atom is 0.338 e. The van der Waals surface area contributed by atoms with Gasteiger partial charge in [0.1, 0.15) is 17.2 Å². The first-order chi connectivity index (χ1) is 12.9. The summed E-state index contributed by atoms with van der Waals surface area (Å²) < 4.78 is 20.6. The third-order valence-corrected chi connectivity index (χ3v) is 5.33. The molecule has 0 unspecified atom stereocenters. The first-order valence-corrected chi connectivity index (χ1v) is 9.56. The van der Waals surface area contributed by atoms with Gasteiger partial charge in [-0.25, -0.2) is 9.18 Å². The van der Waals surface area contributed by atoms with Gasteiger partial charge >= 0.3 is 5.97 Å². The molecule has 2 aromatic rings. The van der Waals surface area contributed by atoms with Crippen LogP contribution in [0.1, 0.15) is 60.4 Å². The van der Waals surface area contributed by atoms with Crippen molar-refractivity contribution >= 4 is 33.5 Å². The van der Waals surface area contributed by atoms with Crippen LogP contribution >= 0.6 is 15.9 Å². The van der Waals surface area contributed by atoms with Crippen LogP contribution in [0.25, 0.3) is 0 Å². The van der Waals surface area contributed by atoms with Crippen LogP contribution in [0.4, 0.5) is 10.1 Å². The van der Waals surface area contributed by atoms with Crippen LogP contribution in [-0.2, 0) is 5.41 Å². The summed E-state index contributed by atoms with van der Waals surface area (Å²) in [5, 5.41) is 11.5. The van der Waals surface area contributed by atoms with Gasteiger partial charge in [-0.15, -0.1) is 0 Å². The monoisotopic (exact) mass is 449 g/mol. The number of nitrogens with one attached hydrogen (secondary N) is 1. The normalized spacial score (nSPS) is 16.6. The lowest BCUT2D eigenvalue weighted by Gasteiger charge is -2.43. The number of carbonyl (C=O) groups excluding carboxylic acids is 1. The summed E-state index contributed by atoms with van der Waals surface area (Å²) >= 11 is 3.50. The Hall–Kier alpha value is -2.41. The molecule has 148 valence electrons. The molecule has 0 aromatic heterocycles. The van der Waals surface area contributed by atoms with Crippen LogP contribution in [0, 0.1) is 5.82 Å². The predicted octanol–water partition coefficient (Wildman–Crippen LogP) is 5.38. The minimum absolute atomic E-state index is 0.179. The van der Waals surface area contributed by atoms with Crippen molar-refractivity contribution in [1.82, 2.24) is 0 Å². The Morgan fingerprint density at radius 1 is 1.18 bits per heavy atom. The van der Waals surface area contributed by atoms with E-state index in [4.69, 9.17) is 9.84 Å². The summed E-state index contributed by atoms with van der Waals surface area (Å²) in [6.07, 6.45) is 0.784. The second kappa shape index (κ2) is 6.88. The van der Waals surface area contributed by atoms with Gasteiger partial charge in [-0.05, 0) is 71.9 Å². The molecule has 0 saturated heterocycles. The minimum Gasteiger partial charge on any atom is -0.486 e. The van der Waals surface area contributed by atoms with Crippen molar-refractivity contribution in [2.24, 2.45) is 0 Å². The van der Waals surface area contributed by atoms with Crippen molar-refractivity contribution in [3.63, 3.8) is 0 Å². The van der Waals surface area contributed by atoms with Crippen LogP contribution in [0.3, 0.4) is 0 Å². The molecule has 7 heteroatoms. The number of halogens is 2. The van der Waals surface area contributed by atoms with Crippen molar-refractivity contribution in [1.29, 1.82) is 0 Å². The van der Waals surface area contributed by atoms with Gasteiger partial charge < -0.3 is 15.2 Å². The van der Waals surface area contributed by atoms with Crippen LogP contribution in [-0.4, -0.2) is 22.6 Å². The van der Waals surface area contributed by atoms with Crippen molar-refractivity contribution in [3.05, 3.63) is 57.3 Å². The number of rotatable bonds is 3. The van der Waals surface area contributed by atoms with Gasteiger partial charge in [0, 0.05) is 16.8 Å². The Morgan fingerprint density at radius 2 is 1.86 bits per heavy atom. The van der Waals surface area contributed by atoms with E-state index in [0.29, 0.717) is 10.0 Å². The SMILES string of the molecule is CC1(C)CC(C)(C)c2cc(C(=O)Nc3ccc(C(=O)O)c(F)c3)cc(Br)c2O1. The summed E-state index contributed by atoms with van der Waals surface area (Å²) in [6, 6.07) is 6.91. The number of hydrogen-bond acceptors (Lipinski definition) is 3. The quantitative estimate of drug-likeness (QED) is 0.659. The molecule has 0 fully saturated rings. The number of carbonyl (C=O) groups is 2. The average Bonchev–Trinajstić information content (AvgIpc) is 2.53. The standard InChI is InChI=1S/C21H21BrFNO4/c1-20(2)10-21(3,4)28-17-14(20)7-11(8-15(17)22)18(25)24-12-5-6-13(19(26)27)16(23)9-12/h5-9H,10H2,1-4H3,(H,24,25)(H,26,27). The van der Waals surface area contributed by atoms with Crippen LogP contribution in [0.2, 0.25) is 0 Å². The highest BCUT2D eigenvalue weighted by atomic mass is 79.9. The topological polar surface area (TPSA) is 75.6 Å². The molecule has 5 nitrogen and oxygen atoms in total. The molecule has 3 rings (SSSR count). The van der Waals surface area contributed by atoms with Gasteiger partial charge in [0.25, 0.3) is 5.91 Å². The molecule has 28 heavy (non-hydrogen) atoms. The summed E-state index contributed by atoms with van der Waals surface area (Å²) in [6.45, 7) is 8.26. The Kier molecular flexibility index (Phi) is 5.00. The fourth-order valence-corrected chi connectivity index (χ4v) is 4.31. The van der Waals surface area contributed by atoms with Crippen LogP contribution in [0.5, 0.6) is 5.75 Å². The van der Waals surface area contributed by atoms with Crippen LogP contribution in [0.15, 0.2) is 34.8 Å². The van der Waals surface area contributed by atoms with E-state index in [2.05, 4.69) is 35.1 Å². The van der Waals surface area contributed by atoms with E-state index in [1.54, 1.807) is 12.1 Å². The van der Waals surface area contributed by atoms with Crippen molar-refractivity contribution in [2.75, 3.05) is 5.32 Å². The minimum atomic E-state index is -1.36. The molecule has 1 amide bonds. The van der Waals surface area contributed by atoms with Gasteiger partial charge in [0.15, 0.2) is 0 Å². The van der Waals surface area contributed by atoms with E-state index >= 15 is 0 Å². The Morgan fingerprint density at radius 3 is 2.46 bits per heavy atom. The fraction of sp³-hybridized carbons (Fsp3) is 0.333. The second-order valence-corrected chi connectivity index (χ2v) is 9.07. The zero-order chi connectivity index (χ0) is 20.9.